The van der Waals surface area contributed by atoms with Gasteiger partial charge in [0.1, 0.15) is 6.61 Å². The van der Waals surface area contributed by atoms with Gasteiger partial charge in [-0.25, -0.2) is 4.79 Å². The van der Waals surface area contributed by atoms with Crippen LogP contribution in [0.3, 0.4) is 0 Å². The molecule has 0 aromatic heterocycles. The molecular weight excluding hydrogens is 655 g/mol. The minimum absolute atomic E-state index is 0.144. The van der Waals surface area contributed by atoms with Gasteiger partial charge in [0, 0.05) is 62.7 Å². The summed E-state index contributed by atoms with van der Waals surface area (Å²) >= 11 is 0. The Kier molecular flexibility index (Phi) is 11.0. The van der Waals surface area contributed by atoms with Crippen LogP contribution < -0.4 is 5.32 Å². The van der Waals surface area contributed by atoms with Crippen LogP contribution in [0.1, 0.15) is 62.8 Å². The van der Waals surface area contributed by atoms with E-state index in [1.165, 1.54) is 23.3 Å². The molecule has 11 nitrogen and oxygen atoms in total. The van der Waals surface area contributed by atoms with Crippen molar-refractivity contribution in [3.8, 4) is 0 Å². The van der Waals surface area contributed by atoms with Crippen molar-refractivity contribution in [3.63, 3.8) is 0 Å². The fourth-order valence-electron chi connectivity index (χ4n) is 7.40. The zero-order valence-corrected chi connectivity index (χ0v) is 29.9. The lowest BCUT2D eigenvalue weighted by atomic mass is 9.86. The zero-order chi connectivity index (χ0) is 35.4. The van der Waals surface area contributed by atoms with Gasteiger partial charge in [0.25, 0.3) is 5.69 Å². The van der Waals surface area contributed by atoms with Crippen molar-refractivity contribution < 1.29 is 28.1 Å². The molecular formula is C38H45N4O7P. The Balaban J connectivity index is 1.17. The van der Waals surface area contributed by atoms with Crippen molar-refractivity contribution in [2.45, 2.75) is 58.3 Å². The van der Waals surface area contributed by atoms with E-state index in [1.54, 1.807) is 26.0 Å². The number of non-ortho nitro benzene ring substituents is 1. The quantitative estimate of drug-likeness (QED) is 0.101. The minimum Gasteiger partial charge on any atom is -0.461 e. The van der Waals surface area contributed by atoms with Gasteiger partial charge in [0.2, 0.25) is 0 Å². The van der Waals surface area contributed by atoms with Crippen LogP contribution in [0, 0.1) is 10.1 Å². The third-order valence-corrected chi connectivity index (χ3v) is 12.1. The molecule has 0 radical (unpaired) electrons. The van der Waals surface area contributed by atoms with E-state index >= 15 is 0 Å². The first-order valence-electron chi connectivity index (χ1n) is 17.2. The van der Waals surface area contributed by atoms with Gasteiger partial charge in [0.05, 0.1) is 40.0 Å². The van der Waals surface area contributed by atoms with E-state index in [2.05, 4.69) is 63.6 Å². The predicted octanol–water partition coefficient (Wildman–Crippen LogP) is 7.14. The van der Waals surface area contributed by atoms with E-state index in [4.69, 9.17) is 13.8 Å². The smallest absolute Gasteiger partial charge is 0.360 e. The van der Waals surface area contributed by atoms with Crippen molar-refractivity contribution in [1.82, 2.24) is 15.1 Å². The lowest BCUT2D eigenvalue weighted by molar-refractivity contribution is -0.384. The molecule has 3 aromatic carbocycles. The summed E-state index contributed by atoms with van der Waals surface area (Å²) in [6.45, 7) is 11.2. The van der Waals surface area contributed by atoms with E-state index in [1.807, 2.05) is 26.0 Å². The number of benzene rings is 3. The minimum atomic E-state index is -3.94. The van der Waals surface area contributed by atoms with Crippen LogP contribution in [0.15, 0.2) is 107 Å². The highest BCUT2D eigenvalue weighted by atomic mass is 31.2. The van der Waals surface area contributed by atoms with Crippen molar-refractivity contribution in [1.29, 1.82) is 0 Å². The molecule has 3 aliphatic rings. The number of ether oxygens (including phenoxy) is 1. The Hall–Kier alpha value is -4.12. The molecule has 3 aliphatic heterocycles. The molecule has 0 amide bonds. The van der Waals surface area contributed by atoms with E-state index in [0.717, 1.165) is 26.2 Å². The summed E-state index contributed by atoms with van der Waals surface area (Å²) in [4.78, 5) is 30.1. The summed E-state index contributed by atoms with van der Waals surface area (Å²) in [7, 11) is -3.94. The van der Waals surface area contributed by atoms with Crippen LogP contribution >= 0.6 is 7.60 Å². The lowest BCUT2D eigenvalue weighted by Crippen LogP contribution is -2.48. The van der Waals surface area contributed by atoms with E-state index in [9.17, 15) is 19.5 Å². The van der Waals surface area contributed by atoms with Crippen LogP contribution in [0.5, 0.6) is 0 Å². The zero-order valence-electron chi connectivity index (χ0n) is 29.0. The first-order chi connectivity index (χ1) is 24.0. The number of hydrogen-bond acceptors (Lipinski definition) is 10. The molecule has 0 spiro atoms. The second-order valence-corrected chi connectivity index (χ2v) is 15.2. The maximum atomic E-state index is 14.5. The van der Waals surface area contributed by atoms with Crippen LogP contribution in [0.4, 0.5) is 5.69 Å². The Morgan fingerprint density at radius 1 is 0.920 bits per heavy atom. The van der Waals surface area contributed by atoms with Crippen molar-refractivity contribution in [2.75, 3.05) is 39.3 Å². The average Bonchev–Trinajstić information content (AvgIpc) is 3.09. The Labute approximate surface area is 293 Å². The van der Waals surface area contributed by atoms with E-state index in [-0.39, 0.29) is 41.4 Å². The Bertz CT molecular complexity index is 1750. The number of nitrogens with one attached hydrogen (secondary N) is 1. The molecule has 0 bridgehead atoms. The highest BCUT2D eigenvalue weighted by Gasteiger charge is 2.48. The fourth-order valence-corrected chi connectivity index (χ4v) is 9.86. The number of nitrogens with zero attached hydrogens (tertiary/aromatic N) is 3. The molecule has 3 heterocycles. The number of piperazine rings is 1. The predicted molar refractivity (Wildman–Crippen MR) is 191 cm³/mol. The summed E-state index contributed by atoms with van der Waals surface area (Å²) in [6, 6.07) is 27.3. The molecule has 0 unspecified atom stereocenters. The van der Waals surface area contributed by atoms with Crippen LogP contribution in [-0.4, -0.2) is 72.2 Å². The maximum absolute atomic E-state index is 14.5. The molecule has 1 N–H and O–H groups in total. The Morgan fingerprint density at radius 2 is 1.52 bits per heavy atom. The van der Waals surface area contributed by atoms with Gasteiger partial charge >= 0.3 is 13.6 Å². The van der Waals surface area contributed by atoms with Gasteiger partial charge in [-0.05, 0) is 44.4 Å². The SMILES string of the molecule is CC1=C(C(=O)OCCN2CCN(C(c3ccccc3)c3ccccc3)CC2)[C@@H](c2cccc([N+](=O)[O-])c2)C(P2(=O)O[C@@H](C)C[C@H](C)O2)=C(C)N1. The first kappa shape index (κ1) is 35.7. The summed E-state index contributed by atoms with van der Waals surface area (Å²) in [6.07, 6.45) is -0.147. The van der Waals surface area contributed by atoms with Gasteiger partial charge in [-0.2, -0.15) is 0 Å². The van der Waals surface area contributed by atoms with Gasteiger partial charge in [-0.3, -0.25) is 24.5 Å². The van der Waals surface area contributed by atoms with Crippen molar-refractivity contribution >= 4 is 19.3 Å². The van der Waals surface area contributed by atoms with Gasteiger partial charge in [-0.15, -0.1) is 0 Å². The van der Waals surface area contributed by atoms with Gasteiger partial charge in [0.15, 0.2) is 0 Å². The van der Waals surface area contributed by atoms with Gasteiger partial charge < -0.3 is 19.1 Å². The van der Waals surface area contributed by atoms with Crippen molar-refractivity contribution in [3.05, 3.63) is 134 Å². The molecule has 0 aliphatic carbocycles. The summed E-state index contributed by atoms with van der Waals surface area (Å²) in [5, 5.41) is 15.2. The van der Waals surface area contributed by atoms with Gasteiger partial charge in [-0.1, -0.05) is 72.8 Å². The third kappa shape index (κ3) is 7.77. The first-order valence-corrected chi connectivity index (χ1v) is 18.7. The second kappa shape index (κ2) is 15.4. The highest BCUT2D eigenvalue weighted by molar-refractivity contribution is 7.58. The van der Waals surface area contributed by atoms with E-state index < -0.39 is 24.4 Å². The normalized spacial score (nSPS) is 25.0. The number of hydrogen-bond donors (Lipinski definition) is 1. The number of allylic oxidation sites excluding steroid dienone is 3. The molecule has 3 aromatic rings. The molecule has 0 saturated carbocycles. The van der Waals surface area contributed by atoms with Crippen LogP contribution in [0.2, 0.25) is 0 Å². The lowest BCUT2D eigenvalue weighted by Gasteiger charge is -2.40. The van der Waals surface area contributed by atoms with E-state index in [0.29, 0.717) is 29.9 Å². The molecule has 3 atom stereocenters. The van der Waals surface area contributed by atoms with Crippen molar-refractivity contribution in [2.24, 2.45) is 0 Å². The number of carbonyl (C=O) groups excluding carboxylic acids is 1. The molecule has 50 heavy (non-hydrogen) atoms. The summed E-state index contributed by atoms with van der Waals surface area (Å²) in [5.41, 5.74) is 4.04. The monoisotopic (exact) mass is 700 g/mol. The third-order valence-electron chi connectivity index (χ3n) is 9.60. The largest absolute Gasteiger partial charge is 0.461 e. The van der Waals surface area contributed by atoms with Crippen LogP contribution in [-0.2, 0) is 23.1 Å². The number of dihydropyridines is 1. The highest BCUT2D eigenvalue weighted by Crippen LogP contribution is 2.67. The topological polar surface area (TPSA) is 123 Å². The standard InChI is InChI=1S/C38H45N4O7P/c1-26-24-27(2)49-50(46,48-26)37-29(4)39-28(3)34(35(37)32-16-11-17-33(25-32)42(44)45)38(43)47-23-22-40-18-20-41(21-19-40)36(30-12-7-5-8-13-30)31-14-9-6-10-15-31/h5-17,25-27,35-36,39H,18-24H2,1-4H3/t26-,27-,35+/m0/s1. The molecule has 12 heteroatoms. The van der Waals surface area contributed by atoms with Crippen LogP contribution in [0.25, 0.3) is 0 Å². The molecule has 264 valence electrons. The summed E-state index contributed by atoms with van der Waals surface area (Å²) < 4.78 is 32.4. The number of rotatable bonds is 10. The molecule has 6 rings (SSSR count). The Morgan fingerprint density at radius 3 is 2.10 bits per heavy atom. The second-order valence-electron chi connectivity index (χ2n) is 13.3. The fraction of sp³-hybridized carbons (Fsp3) is 0.395. The average molecular weight is 701 g/mol. The maximum Gasteiger partial charge on any atom is 0.360 e. The molecule has 2 saturated heterocycles. The number of esters is 1. The number of nitro benzene ring substituents is 1. The number of carbonyl (C=O) groups is 1. The number of nitro groups is 1. The summed E-state index contributed by atoms with van der Waals surface area (Å²) in [5.74, 6) is -1.53. The molecule has 2 fully saturated rings.